The fraction of sp³-hybridized carbons (Fsp3) is 0.297. The number of hydrogen-bond donors (Lipinski definition) is 4. The Labute approximate surface area is 300 Å². The first-order valence-corrected chi connectivity index (χ1v) is 16.8. The zero-order valence-electron chi connectivity index (χ0n) is 29.2. The number of nitrogens with zero attached hydrogens (tertiary/aromatic N) is 5. The number of ether oxygens (including phenoxy) is 2. The number of carbonyl (C=O) groups excluding carboxylic acids is 4. The maximum atomic E-state index is 13.8. The van der Waals surface area contributed by atoms with E-state index >= 15 is 0 Å². The van der Waals surface area contributed by atoms with Gasteiger partial charge in [-0.2, -0.15) is 9.97 Å². The summed E-state index contributed by atoms with van der Waals surface area (Å²) in [6.45, 7) is 4.00. The molecule has 6 N–H and O–H groups in total. The van der Waals surface area contributed by atoms with Gasteiger partial charge in [0.15, 0.2) is 17.0 Å². The monoisotopic (exact) mass is 707 g/mol. The third kappa shape index (κ3) is 9.24. The van der Waals surface area contributed by atoms with Gasteiger partial charge in [-0.1, -0.05) is 42.5 Å². The molecule has 270 valence electrons. The molecule has 0 unspecified atom stereocenters. The first-order chi connectivity index (χ1) is 25.1. The fourth-order valence-corrected chi connectivity index (χ4v) is 5.67. The van der Waals surface area contributed by atoms with Gasteiger partial charge in [0.25, 0.3) is 5.91 Å². The molecule has 0 aliphatic carbocycles. The highest BCUT2D eigenvalue weighted by atomic mass is 16.5. The minimum atomic E-state index is -1.16. The average molecular weight is 708 g/mol. The van der Waals surface area contributed by atoms with Crippen molar-refractivity contribution < 1.29 is 28.7 Å². The number of carbonyl (C=O) groups is 4. The van der Waals surface area contributed by atoms with Crippen LogP contribution < -0.4 is 27.0 Å². The largest absolute Gasteiger partial charge is 0.466 e. The molecule has 3 aromatic carbocycles. The fourth-order valence-electron chi connectivity index (χ4n) is 5.67. The molecule has 0 saturated heterocycles. The molecule has 15 heteroatoms. The Bertz CT molecular complexity index is 2070. The number of anilines is 3. The molecule has 2 aromatic heterocycles. The van der Waals surface area contributed by atoms with E-state index in [-0.39, 0.29) is 49.8 Å². The van der Waals surface area contributed by atoms with Crippen molar-refractivity contribution in [2.45, 2.75) is 51.7 Å². The highest BCUT2D eigenvalue weighted by Gasteiger charge is 2.29. The topological polar surface area (TPSA) is 218 Å². The van der Waals surface area contributed by atoms with Crippen LogP contribution in [0.3, 0.4) is 0 Å². The van der Waals surface area contributed by atoms with E-state index < -0.39 is 35.8 Å². The summed E-state index contributed by atoms with van der Waals surface area (Å²) >= 11 is 0. The lowest BCUT2D eigenvalue weighted by atomic mass is 9.98. The average Bonchev–Trinajstić information content (AvgIpc) is 3.13. The summed E-state index contributed by atoms with van der Waals surface area (Å²) < 4.78 is 10.4. The first-order valence-electron chi connectivity index (χ1n) is 16.8. The van der Waals surface area contributed by atoms with Crippen LogP contribution in [-0.2, 0) is 36.8 Å². The van der Waals surface area contributed by atoms with E-state index in [4.69, 9.17) is 20.9 Å². The molecule has 0 saturated carbocycles. The summed E-state index contributed by atoms with van der Waals surface area (Å²) in [7, 11) is 1.85. The summed E-state index contributed by atoms with van der Waals surface area (Å²) in [6, 6.07) is 18.0. The van der Waals surface area contributed by atoms with Crippen molar-refractivity contribution in [1.29, 1.82) is 0 Å². The zero-order valence-corrected chi connectivity index (χ0v) is 29.2. The molecule has 5 aromatic rings. The number of nitrogens with two attached hydrogens (primary N) is 2. The number of nitrogens with one attached hydrogen (secondary N) is 2. The molecule has 2 atom stereocenters. The van der Waals surface area contributed by atoms with Gasteiger partial charge in [-0.25, -0.2) is 14.8 Å². The molecular weight excluding hydrogens is 666 g/mol. The van der Waals surface area contributed by atoms with Crippen LogP contribution in [-0.4, -0.2) is 76.0 Å². The van der Waals surface area contributed by atoms with Crippen molar-refractivity contribution in [2.24, 2.45) is 0 Å². The molecule has 0 spiro atoms. The highest BCUT2D eigenvalue weighted by Crippen LogP contribution is 2.21. The Balaban J connectivity index is 1.30. The SMILES string of the molecule is CCOC(=O)CC[C@H](NC(=O)c1ccc(N(C)Cc2cnc3nc(N)nc(N)c3n2)cc1)C(=O)N[C@@H](Cc1cccc2ccccc12)C(=O)OCC. The van der Waals surface area contributed by atoms with E-state index in [1.807, 2.05) is 54.4 Å². The van der Waals surface area contributed by atoms with Crippen LogP contribution in [0.15, 0.2) is 72.9 Å². The van der Waals surface area contributed by atoms with Gasteiger partial charge < -0.3 is 36.5 Å². The van der Waals surface area contributed by atoms with Gasteiger partial charge in [-0.3, -0.25) is 14.4 Å². The van der Waals surface area contributed by atoms with Crippen LogP contribution in [0.1, 0.15) is 48.3 Å². The second kappa shape index (κ2) is 17.0. The molecule has 5 rings (SSSR count). The summed E-state index contributed by atoms with van der Waals surface area (Å²) in [5, 5.41) is 7.43. The van der Waals surface area contributed by atoms with Gasteiger partial charge in [0, 0.05) is 31.1 Å². The lowest BCUT2D eigenvalue weighted by Gasteiger charge is -2.23. The standard InChI is InChI=1S/C37H41N9O6/c1-4-51-30(47)18-17-28(35(49)43-29(36(50)52-5-2)19-24-11-8-10-22-9-6-7-12-27(22)24)42-34(48)23-13-15-26(16-14-23)46(3)21-25-20-40-33-31(41-25)32(38)44-37(39)45-33/h6-16,20,28-29H,4-5,17-19,21H2,1-3H3,(H,42,48)(H,43,49)(H4,38,39,40,44,45)/t28-,29-/m0/s1. The number of esters is 2. The molecule has 2 heterocycles. The van der Waals surface area contributed by atoms with Crippen molar-refractivity contribution >= 4 is 63.1 Å². The predicted octanol–water partition coefficient (Wildman–Crippen LogP) is 3.11. The smallest absolute Gasteiger partial charge is 0.328 e. The van der Waals surface area contributed by atoms with Crippen molar-refractivity contribution in [1.82, 2.24) is 30.6 Å². The number of nitrogen functional groups attached to an aromatic ring is 2. The predicted molar refractivity (Wildman–Crippen MR) is 196 cm³/mol. The third-order valence-electron chi connectivity index (χ3n) is 8.23. The van der Waals surface area contributed by atoms with Crippen molar-refractivity contribution in [3.8, 4) is 0 Å². The summed E-state index contributed by atoms with van der Waals surface area (Å²) in [6.07, 6.45) is 1.53. The Hall–Kier alpha value is -6.38. The zero-order chi connectivity index (χ0) is 37.2. The molecule has 0 aliphatic heterocycles. The molecular formula is C37H41N9O6. The molecule has 2 amide bonds. The van der Waals surface area contributed by atoms with Crippen LogP contribution in [0.4, 0.5) is 17.5 Å². The Morgan fingerprint density at radius 1 is 0.846 bits per heavy atom. The minimum Gasteiger partial charge on any atom is -0.466 e. The molecule has 0 bridgehead atoms. The minimum absolute atomic E-state index is 0.0111. The van der Waals surface area contributed by atoms with Gasteiger partial charge >= 0.3 is 11.9 Å². The van der Waals surface area contributed by atoms with E-state index in [0.717, 1.165) is 22.0 Å². The van der Waals surface area contributed by atoms with E-state index in [0.29, 0.717) is 23.4 Å². The van der Waals surface area contributed by atoms with Crippen LogP contribution in [0.25, 0.3) is 21.9 Å². The van der Waals surface area contributed by atoms with Gasteiger partial charge in [0.1, 0.15) is 12.1 Å². The second-order valence-electron chi connectivity index (χ2n) is 11.9. The quantitative estimate of drug-likeness (QED) is 0.115. The van der Waals surface area contributed by atoms with E-state index in [2.05, 4.69) is 30.6 Å². The van der Waals surface area contributed by atoms with Crippen LogP contribution in [0.5, 0.6) is 0 Å². The number of benzene rings is 3. The van der Waals surface area contributed by atoms with Crippen LogP contribution in [0.2, 0.25) is 0 Å². The Kier molecular flexibility index (Phi) is 12.1. The normalized spacial score (nSPS) is 12.1. The number of rotatable bonds is 15. The molecule has 0 fully saturated rings. The summed E-state index contributed by atoms with van der Waals surface area (Å²) in [5.41, 5.74) is 14.7. The second-order valence-corrected chi connectivity index (χ2v) is 11.9. The van der Waals surface area contributed by atoms with Gasteiger partial charge in [-0.05, 0) is 60.9 Å². The summed E-state index contributed by atoms with van der Waals surface area (Å²) in [5.74, 6) is -2.18. The van der Waals surface area contributed by atoms with Gasteiger partial charge in [0.2, 0.25) is 11.9 Å². The number of hydrogen-bond acceptors (Lipinski definition) is 13. The number of aromatic nitrogens is 4. The van der Waals surface area contributed by atoms with Crippen molar-refractivity contribution in [2.75, 3.05) is 36.6 Å². The van der Waals surface area contributed by atoms with E-state index in [1.54, 1.807) is 44.3 Å². The Morgan fingerprint density at radius 3 is 2.33 bits per heavy atom. The lowest BCUT2D eigenvalue weighted by Crippen LogP contribution is -2.52. The van der Waals surface area contributed by atoms with Crippen molar-refractivity contribution in [3.63, 3.8) is 0 Å². The van der Waals surface area contributed by atoms with E-state index in [1.165, 1.54) is 0 Å². The molecule has 52 heavy (non-hydrogen) atoms. The number of amides is 2. The van der Waals surface area contributed by atoms with Crippen LogP contribution >= 0.6 is 0 Å². The highest BCUT2D eigenvalue weighted by molar-refractivity contribution is 5.98. The van der Waals surface area contributed by atoms with Crippen molar-refractivity contribution in [3.05, 3.63) is 89.7 Å². The van der Waals surface area contributed by atoms with Gasteiger partial charge in [-0.15, -0.1) is 0 Å². The third-order valence-corrected chi connectivity index (χ3v) is 8.23. The van der Waals surface area contributed by atoms with E-state index in [9.17, 15) is 19.2 Å². The Morgan fingerprint density at radius 2 is 1.58 bits per heavy atom. The first kappa shape index (κ1) is 36.9. The lowest BCUT2D eigenvalue weighted by molar-refractivity contribution is -0.148. The van der Waals surface area contributed by atoms with Crippen LogP contribution in [0, 0.1) is 0 Å². The molecule has 15 nitrogen and oxygen atoms in total. The maximum Gasteiger partial charge on any atom is 0.328 e. The molecule has 0 radical (unpaired) electrons. The maximum absolute atomic E-state index is 13.8. The summed E-state index contributed by atoms with van der Waals surface area (Å²) in [4.78, 5) is 71.3. The van der Waals surface area contributed by atoms with Gasteiger partial charge in [0.05, 0.1) is 31.6 Å². The number of fused-ring (bicyclic) bond motifs is 2. The molecule has 0 aliphatic rings.